The Kier molecular flexibility index (Phi) is 3.25. The minimum atomic E-state index is -4.20. The van der Waals surface area contributed by atoms with E-state index in [0.29, 0.717) is 5.65 Å². The van der Waals surface area contributed by atoms with Gasteiger partial charge in [-0.25, -0.2) is 9.50 Å². The van der Waals surface area contributed by atoms with Crippen molar-refractivity contribution in [2.75, 3.05) is 11.9 Å². The minimum absolute atomic E-state index is 0.148. The van der Waals surface area contributed by atoms with E-state index in [-0.39, 0.29) is 25.3 Å². The van der Waals surface area contributed by atoms with Crippen LogP contribution >= 0.6 is 0 Å². The van der Waals surface area contributed by atoms with Gasteiger partial charge in [-0.2, -0.15) is 23.3 Å². The first-order valence-corrected chi connectivity index (χ1v) is 8.54. The van der Waals surface area contributed by atoms with Gasteiger partial charge in [0.1, 0.15) is 5.65 Å². The van der Waals surface area contributed by atoms with Crippen molar-refractivity contribution in [1.82, 2.24) is 24.6 Å². The zero-order valence-electron chi connectivity index (χ0n) is 14.1. The fourth-order valence-corrected chi connectivity index (χ4v) is 3.28. The van der Waals surface area contributed by atoms with Crippen molar-refractivity contribution in [3.8, 4) is 11.1 Å². The van der Waals surface area contributed by atoms with Gasteiger partial charge in [-0.3, -0.25) is 0 Å². The summed E-state index contributed by atoms with van der Waals surface area (Å²) in [6.07, 6.45) is 3.14. The van der Waals surface area contributed by atoms with E-state index < -0.39 is 11.6 Å². The predicted octanol–water partition coefficient (Wildman–Crippen LogP) is 4.03. The highest BCUT2D eigenvalue weighted by Gasteiger charge is 2.62. The topological polar surface area (TPSA) is 70.9 Å². The Bertz CT molecular complexity index is 1140. The van der Waals surface area contributed by atoms with E-state index in [4.69, 9.17) is 0 Å². The monoisotopic (exact) mass is 372 g/mol. The van der Waals surface area contributed by atoms with Crippen molar-refractivity contribution < 1.29 is 13.2 Å². The van der Waals surface area contributed by atoms with Crippen molar-refractivity contribution in [2.24, 2.45) is 5.41 Å². The summed E-state index contributed by atoms with van der Waals surface area (Å²) in [5, 5.41) is 7.72. The highest BCUT2D eigenvalue weighted by molar-refractivity contribution is 5.94. The lowest BCUT2D eigenvalue weighted by Crippen LogP contribution is -2.31. The van der Waals surface area contributed by atoms with Crippen LogP contribution in [0.4, 0.5) is 19.1 Å². The fraction of sp³-hybridized carbons (Fsp3) is 0.278. The molecule has 1 saturated carbocycles. The number of aromatic amines is 1. The molecule has 0 atom stereocenters. The van der Waals surface area contributed by atoms with Crippen LogP contribution in [0.15, 0.2) is 43.0 Å². The third kappa shape index (κ3) is 2.61. The molecule has 0 unspecified atom stereocenters. The molecular formula is C18H15F3N6. The summed E-state index contributed by atoms with van der Waals surface area (Å²) in [4.78, 5) is 11.6. The summed E-state index contributed by atoms with van der Waals surface area (Å²) in [7, 11) is 0. The van der Waals surface area contributed by atoms with Crippen LogP contribution in [0.25, 0.3) is 27.7 Å². The van der Waals surface area contributed by atoms with Gasteiger partial charge in [-0.15, -0.1) is 0 Å². The van der Waals surface area contributed by atoms with Crippen LogP contribution in [-0.4, -0.2) is 37.3 Å². The number of pyridine rings is 1. The Morgan fingerprint density at radius 3 is 2.89 bits per heavy atom. The number of alkyl halides is 3. The molecule has 0 saturated heterocycles. The average Bonchev–Trinajstić information content (AvgIpc) is 3.12. The second-order valence-corrected chi connectivity index (χ2v) is 6.91. The third-order valence-electron chi connectivity index (χ3n) is 5.18. The van der Waals surface area contributed by atoms with Gasteiger partial charge < -0.3 is 10.3 Å². The molecule has 0 aliphatic heterocycles. The molecule has 0 amide bonds. The number of H-pyrrole nitrogens is 1. The van der Waals surface area contributed by atoms with Gasteiger partial charge in [-0.1, -0.05) is 0 Å². The summed E-state index contributed by atoms with van der Waals surface area (Å²) in [5.74, 6) is 0.192. The van der Waals surface area contributed by atoms with Gasteiger partial charge in [0.05, 0.1) is 10.9 Å². The summed E-state index contributed by atoms with van der Waals surface area (Å²) >= 11 is 0. The highest BCUT2D eigenvalue weighted by atomic mass is 19.4. The first-order chi connectivity index (χ1) is 13.0. The number of rotatable bonds is 4. The van der Waals surface area contributed by atoms with E-state index in [2.05, 4.69) is 25.4 Å². The first-order valence-electron chi connectivity index (χ1n) is 8.54. The molecule has 27 heavy (non-hydrogen) atoms. The van der Waals surface area contributed by atoms with Crippen molar-refractivity contribution in [3.63, 3.8) is 0 Å². The molecular weight excluding hydrogens is 357 g/mol. The first kappa shape index (κ1) is 16.1. The largest absolute Gasteiger partial charge is 0.396 e. The lowest BCUT2D eigenvalue weighted by atomic mass is 10.1. The number of halogens is 3. The van der Waals surface area contributed by atoms with Crippen molar-refractivity contribution in [1.29, 1.82) is 0 Å². The molecule has 4 heterocycles. The minimum Gasteiger partial charge on any atom is -0.353 e. The smallest absolute Gasteiger partial charge is 0.353 e. The maximum absolute atomic E-state index is 13.0. The molecule has 2 N–H and O–H groups in total. The number of hydrogen-bond acceptors (Lipinski definition) is 4. The van der Waals surface area contributed by atoms with E-state index in [1.54, 1.807) is 16.9 Å². The quantitative estimate of drug-likeness (QED) is 0.567. The Hall–Kier alpha value is -3.10. The molecule has 0 bridgehead atoms. The Morgan fingerprint density at radius 2 is 2.11 bits per heavy atom. The molecule has 138 valence electrons. The van der Waals surface area contributed by atoms with Gasteiger partial charge in [-0.05, 0) is 36.6 Å². The number of fused-ring (bicyclic) bond motifs is 2. The Balaban J connectivity index is 1.43. The number of nitrogens with zero attached hydrogens (tertiary/aromatic N) is 4. The molecule has 1 aliphatic carbocycles. The molecule has 1 fully saturated rings. The molecule has 6 nitrogen and oxygen atoms in total. The van der Waals surface area contributed by atoms with Crippen LogP contribution < -0.4 is 5.32 Å². The van der Waals surface area contributed by atoms with Crippen LogP contribution in [0, 0.1) is 5.41 Å². The molecule has 9 heteroatoms. The third-order valence-corrected chi connectivity index (χ3v) is 5.18. The molecule has 4 aromatic rings. The maximum Gasteiger partial charge on any atom is 0.396 e. The lowest BCUT2D eigenvalue weighted by Gasteiger charge is -2.19. The van der Waals surface area contributed by atoms with Crippen LogP contribution in [0.3, 0.4) is 0 Å². The maximum atomic E-state index is 13.0. The van der Waals surface area contributed by atoms with E-state index >= 15 is 0 Å². The lowest BCUT2D eigenvalue weighted by molar-refractivity contribution is -0.182. The van der Waals surface area contributed by atoms with E-state index in [0.717, 1.165) is 22.0 Å². The van der Waals surface area contributed by atoms with E-state index in [1.807, 2.05) is 30.6 Å². The predicted molar refractivity (Wildman–Crippen MR) is 94.3 cm³/mol. The van der Waals surface area contributed by atoms with Crippen molar-refractivity contribution in [2.45, 2.75) is 19.0 Å². The molecule has 1 aliphatic rings. The SMILES string of the molecule is FC(F)(F)C1(CNc2ncc3c(-c4ccn5nccc5c4)c[nH]c3n2)CC1. The summed E-state index contributed by atoms with van der Waals surface area (Å²) in [5.41, 5.74) is 1.81. The van der Waals surface area contributed by atoms with Crippen LogP contribution in [0.5, 0.6) is 0 Å². The standard InChI is InChI=1S/C18H15F3N6/c19-18(20,21)17(3-4-17)10-24-16-23-9-14-13(8-22-15(14)26-16)11-2-6-27-12(7-11)1-5-25-27/h1-2,5-9H,3-4,10H2,(H2,22,23,24,26). The highest BCUT2D eigenvalue weighted by Crippen LogP contribution is 2.57. The summed E-state index contributed by atoms with van der Waals surface area (Å²) in [6, 6.07) is 5.85. The van der Waals surface area contributed by atoms with Crippen LogP contribution in [-0.2, 0) is 0 Å². The second kappa shape index (κ2) is 5.45. The summed E-state index contributed by atoms with van der Waals surface area (Å²) in [6.45, 7) is -0.201. The molecule has 0 aromatic carbocycles. The molecule has 0 spiro atoms. The number of nitrogens with one attached hydrogen (secondary N) is 2. The normalized spacial score (nSPS) is 16.1. The van der Waals surface area contributed by atoms with E-state index in [9.17, 15) is 13.2 Å². The molecule has 5 rings (SSSR count). The van der Waals surface area contributed by atoms with Crippen molar-refractivity contribution in [3.05, 3.63) is 43.0 Å². The zero-order chi connectivity index (χ0) is 18.6. The van der Waals surface area contributed by atoms with Gasteiger partial charge in [0.15, 0.2) is 0 Å². The number of anilines is 1. The van der Waals surface area contributed by atoms with Gasteiger partial charge in [0.25, 0.3) is 0 Å². The van der Waals surface area contributed by atoms with Crippen LogP contribution in [0.2, 0.25) is 0 Å². The summed E-state index contributed by atoms with van der Waals surface area (Å²) < 4.78 is 40.9. The Labute approximate surface area is 151 Å². The average molecular weight is 372 g/mol. The van der Waals surface area contributed by atoms with Gasteiger partial charge in [0.2, 0.25) is 5.95 Å². The molecule has 0 radical (unpaired) electrons. The zero-order valence-corrected chi connectivity index (χ0v) is 14.1. The Morgan fingerprint density at radius 1 is 1.26 bits per heavy atom. The van der Waals surface area contributed by atoms with Gasteiger partial charge in [0, 0.05) is 42.3 Å². The fourth-order valence-electron chi connectivity index (χ4n) is 3.28. The van der Waals surface area contributed by atoms with Crippen molar-refractivity contribution >= 4 is 22.5 Å². The van der Waals surface area contributed by atoms with Gasteiger partial charge >= 0.3 is 6.18 Å². The van der Waals surface area contributed by atoms with E-state index in [1.165, 1.54) is 0 Å². The number of aromatic nitrogens is 5. The number of hydrogen-bond donors (Lipinski definition) is 2. The van der Waals surface area contributed by atoms with Crippen LogP contribution in [0.1, 0.15) is 12.8 Å². The second-order valence-electron chi connectivity index (χ2n) is 6.91. The molecule has 4 aromatic heterocycles.